The first-order valence-electron chi connectivity index (χ1n) is 6.65. The van der Waals surface area contributed by atoms with E-state index in [0.29, 0.717) is 10.2 Å². The second-order valence-electron chi connectivity index (χ2n) is 5.18. The number of nitrogens with one attached hydrogen (secondary N) is 1. The van der Waals surface area contributed by atoms with E-state index in [4.69, 9.17) is 0 Å². The fourth-order valence-corrected chi connectivity index (χ4v) is 2.89. The third kappa shape index (κ3) is 2.92. The van der Waals surface area contributed by atoms with Crippen molar-refractivity contribution in [2.45, 2.75) is 24.7 Å². The number of nitrogens with zero attached hydrogens (tertiary/aromatic N) is 2. The maximum atomic E-state index is 13.3. The van der Waals surface area contributed by atoms with Crippen LogP contribution in [-0.2, 0) is 0 Å². The summed E-state index contributed by atoms with van der Waals surface area (Å²) in [7, 11) is 0. The molecule has 5 nitrogen and oxygen atoms in total. The molecule has 0 radical (unpaired) electrons. The highest BCUT2D eigenvalue weighted by atomic mass is 79.9. The van der Waals surface area contributed by atoms with E-state index in [1.54, 1.807) is 24.3 Å². The van der Waals surface area contributed by atoms with Crippen molar-refractivity contribution in [1.82, 2.24) is 9.78 Å². The van der Waals surface area contributed by atoms with Gasteiger partial charge >= 0.3 is 6.18 Å². The molecule has 0 amide bonds. The Morgan fingerprint density at radius 2 is 2.00 bits per heavy atom. The van der Waals surface area contributed by atoms with Crippen molar-refractivity contribution in [2.75, 3.05) is 5.32 Å². The molecule has 1 aromatic heterocycles. The molecule has 1 N–H and O–H groups in total. The fraction of sp³-hybridized carbons (Fsp3) is 0.286. The van der Waals surface area contributed by atoms with E-state index in [0.717, 1.165) is 10.7 Å². The van der Waals surface area contributed by atoms with E-state index in [-0.39, 0.29) is 17.8 Å². The molecule has 1 aliphatic rings. The minimum atomic E-state index is -4.54. The third-order valence-electron chi connectivity index (χ3n) is 3.73. The number of carboxylic acid groups (broad SMARTS) is 1. The summed E-state index contributed by atoms with van der Waals surface area (Å²) in [5.41, 5.74) is 0.236. The van der Waals surface area contributed by atoms with Crippen molar-refractivity contribution in [3.05, 3.63) is 46.1 Å². The van der Waals surface area contributed by atoms with Gasteiger partial charge in [-0.2, -0.15) is 18.3 Å². The summed E-state index contributed by atoms with van der Waals surface area (Å²) in [6.45, 7) is 0. The topological polar surface area (TPSA) is 70.0 Å². The van der Waals surface area contributed by atoms with Crippen molar-refractivity contribution in [3.8, 4) is 0 Å². The SMILES string of the molecule is O=C([O-])c1cnn2c1N[C@@H](c1ccc(Br)cc1)C[C@H]2C(F)(F)F. The molecular formula is C14H10BrF3N3O2-. The second-order valence-corrected chi connectivity index (χ2v) is 6.10. The predicted octanol–water partition coefficient (Wildman–Crippen LogP) is 2.67. The van der Waals surface area contributed by atoms with Gasteiger partial charge in [-0.15, -0.1) is 0 Å². The molecule has 23 heavy (non-hydrogen) atoms. The number of hydrogen-bond acceptors (Lipinski definition) is 4. The van der Waals surface area contributed by atoms with Gasteiger partial charge in [0.1, 0.15) is 5.82 Å². The highest BCUT2D eigenvalue weighted by Crippen LogP contribution is 2.44. The van der Waals surface area contributed by atoms with E-state index >= 15 is 0 Å². The first kappa shape index (κ1) is 15.9. The quantitative estimate of drug-likeness (QED) is 0.858. The predicted molar refractivity (Wildman–Crippen MR) is 76.8 cm³/mol. The normalized spacial score (nSPS) is 20.7. The molecule has 0 bridgehead atoms. The lowest BCUT2D eigenvalue weighted by Gasteiger charge is -2.34. The first-order chi connectivity index (χ1) is 10.8. The number of carbonyl (C=O) groups is 1. The van der Waals surface area contributed by atoms with Crippen LogP contribution in [0.2, 0.25) is 0 Å². The number of benzene rings is 1. The van der Waals surface area contributed by atoms with Crippen LogP contribution in [0.5, 0.6) is 0 Å². The molecule has 9 heteroatoms. The molecule has 0 fully saturated rings. The molecule has 2 heterocycles. The lowest BCUT2D eigenvalue weighted by molar-refractivity contribution is -0.255. The lowest BCUT2D eigenvalue weighted by atomic mass is 9.96. The summed E-state index contributed by atoms with van der Waals surface area (Å²) in [5, 5.41) is 17.5. The molecule has 0 spiro atoms. The Bertz CT molecular complexity index is 743. The number of anilines is 1. The van der Waals surface area contributed by atoms with Crippen molar-refractivity contribution in [3.63, 3.8) is 0 Å². The number of fused-ring (bicyclic) bond motifs is 1. The highest BCUT2D eigenvalue weighted by Gasteiger charge is 2.46. The van der Waals surface area contributed by atoms with Crippen LogP contribution in [0, 0.1) is 0 Å². The maximum Gasteiger partial charge on any atom is 0.410 e. The van der Waals surface area contributed by atoms with E-state index in [9.17, 15) is 23.1 Å². The lowest BCUT2D eigenvalue weighted by Crippen LogP contribution is -2.36. The number of aromatic carboxylic acids is 1. The number of alkyl halides is 3. The zero-order valence-electron chi connectivity index (χ0n) is 11.5. The summed E-state index contributed by atoms with van der Waals surface area (Å²) in [6, 6.07) is 4.20. The largest absolute Gasteiger partial charge is 0.545 e. The van der Waals surface area contributed by atoms with Gasteiger partial charge in [0, 0.05) is 10.9 Å². The van der Waals surface area contributed by atoms with Crippen LogP contribution in [0.4, 0.5) is 19.0 Å². The number of hydrogen-bond donors (Lipinski definition) is 1. The standard InChI is InChI=1S/C14H11BrF3N3O2/c15-8-3-1-7(2-4-8)10-5-11(14(16,17)18)21-12(20-10)9(6-19-21)13(22)23/h1-4,6,10-11,20H,5H2,(H,22,23)/p-1/t10-,11+/m1/s1. The molecular weight excluding hydrogens is 379 g/mol. The molecule has 122 valence electrons. The minimum absolute atomic E-state index is 0.188. The van der Waals surface area contributed by atoms with E-state index in [1.165, 1.54) is 0 Å². The molecule has 1 aliphatic heterocycles. The van der Waals surface area contributed by atoms with Gasteiger partial charge in [-0.3, -0.25) is 0 Å². The smallest absolute Gasteiger partial charge is 0.410 e. The van der Waals surface area contributed by atoms with Crippen LogP contribution >= 0.6 is 15.9 Å². The Kier molecular flexibility index (Phi) is 3.83. The Morgan fingerprint density at radius 1 is 1.35 bits per heavy atom. The molecule has 2 aromatic rings. The Balaban J connectivity index is 2.05. The molecule has 3 rings (SSSR count). The van der Waals surface area contributed by atoms with Crippen LogP contribution in [0.15, 0.2) is 34.9 Å². The molecule has 2 atom stereocenters. The van der Waals surface area contributed by atoms with Gasteiger partial charge in [0.15, 0.2) is 6.04 Å². The third-order valence-corrected chi connectivity index (χ3v) is 4.26. The number of rotatable bonds is 2. The van der Waals surface area contributed by atoms with Crippen LogP contribution in [0.1, 0.15) is 34.4 Å². The highest BCUT2D eigenvalue weighted by molar-refractivity contribution is 9.10. The van der Waals surface area contributed by atoms with Gasteiger partial charge < -0.3 is 15.2 Å². The Morgan fingerprint density at radius 3 is 2.57 bits per heavy atom. The van der Waals surface area contributed by atoms with Crippen LogP contribution < -0.4 is 10.4 Å². The monoisotopic (exact) mass is 388 g/mol. The zero-order chi connectivity index (χ0) is 16.8. The van der Waals surface area contributed by atoms with Crippen molar-refractivity contribution < 1.29 is 23.1 Å². The molecule has 1 aromatic carbocycles. The van der Waals surface area contributed by atoms with Gasteiger partial charge in [-0.05, 0) is 17.7 Å². The van der Waals surface area contributed by atoms with Crippen LogP contribution in [-0.4, -0.2) is 21.9 Å². The summed E-state index contributed by atoms with van der Waals surface area (Å²) in [4.78, 5) is 11.1. The molecule has 0 saturated heterocycles. The number of halogens is 4. The maximum absolute atomic E-state index is 13.3. The zero-order valence-corrected chi connectivity index (χ0v) is 13.1. The van der Waals surface area contributed by atoms with Crippen molar-refractivity contribution in [1.29, 1.82) is 0 Å². The van der Waals surface area contributed by atoms with Gasteiger partial charge in [0.25, 0.3) is 0 Å². The van der Waals surface area contributed by atoms with Gasteiger partial charge in [-0.25, -0.2) is 4.68 Å². The molecule has 0 unspecified atom stereocenters. The average Bonchev–Trinajstić information content (AvgIpc) is 2.89. The van der Waals surface area contributed by atoms with Gasteiger partial charge in [0.05, 0.1) is 23.8 Å². The average molecular weight is 389 g/mol. The summed E-state index contributed by atoms with van der Waals surface area (Å²) in [6.07, 6.45) is -3.95. The van der Waals surface area contributed by atoms with Gasteiger partial charge in [-0.1, -0.05) is 28.1 Å². The molecule has 0 saturated carbocycles. The number of carbonyl (C=O) groups excluding carboxylic acids is 1. The number of carboxylic acids is 1. The summed E-state index contributed by atoms with van der Waals surface area (Å²) in [5.74, 6) is -1.76. The van der Waals surface area contributed by atoms with E-state index in [1.807, 2.05) is 0 Å². The van der Waals surface area contributed by atoms with Crippen LogP contribution in [0.3, 0.4) is 0 Å². The Labute approximate surface area is 137 Å². The van der Waals surface area contributed by atoms with Gasteiger partial charge in [0.2, 0.25) is 0 Å². The fourth-order valence-electron chi connectivity index (χ4n) is 2.63. The Hall–Kier alpha value is -2.03. The summed E-state index contributed by atoms with van der Waals surface area (Å²) < 4.78 is 41.4. The van der Waals surface area contributed by atoms with E-state index < -0.39 is 24.2 Å². The number of aromatic nitrogens is 2. The van der Waals surface area contributed by atoms with E-state index in [2.05, 4.69) is 26.3 Å². The van der Waals surface area contributed by atoms with Crippen LogP contribution in [0.25, 0.3) is 0 Å². The van der Waals surface area contributed by atoms with Crippen molar-refractivity contribution >= 4 is 27.7 Å². The minimum Gasteiger partial charge on any atom is -0.545 e. The molecule has 0 aliphatic carbocycles. The summed E-state index contributed by atoms with van der Waals surface area (Å²) >= 11 is 3.26. The van der Waals surface area contributed by atoms with Crippen molar-refractivity contribution in [2.24, 2.45) is 0 Å². The second kappa shape index (κ2) is 5.55. The first-order valence-corrected chi connectivity index (χ1v) is 7.44.